The van der Waals surface area contributed by atoms with Gasteiger partial charge < -0.3 is 5.32 Å². The lowest BCUT2D eigenvalue weighted by molar-refractivity contribution is 1.13. The van der Waals surface area contributed by atoms with Crippen LogP contribution < -0.4 is 5.32 Å². The topological polar surface area (TPSA) is 37.8 Å². The fraction of sp³-hybridized carbons (Fsp3) is 0.0909. The van der Waals surface area contributed by atoms with E-state index in [1.807, 2.05) is 25.1 Å². The number of nitrogens with zero attached hydrogens (tertiary/aromatic N) is 2. The van der Waals surface area contributed by atoms with Crippen LogP contribution >= 0.6 is 43.5 Å². The molecule has 0 aliphatic heterocycles. The molecule has 1 heterocycles. The molecule has 3 nitrogen and oxygen atoms in total. The van der Waals surface area contributed by atoms with Gasteiger partial charge in [0.1, 0.15) is 17.3 Å². The molecule has 17 heavy (non-hydrogen) atoms. The molecule has 0 saturated heterocycles. The summed E-state index contributed by atoms with van der Waals surface area (Å²) in [7, 11) is 0. The molecule has 0 aliphatic carbocycles. The first-order valence-electron chi connectivity index (χ1n) is 4.77. The van der Waals surface area contributed by atoms with Crippen molar-refractivity contribution < 1.29 is 0 Å². The number of hydrogen-bond acceptors (Lipinski definition) is 3. The molecule has 0 aliphatic rings. The molecule has 1 aromatic heterocycles. The lowest BCUT2D eigenvalue weighted by Gasteiger charge is -2.10. The second-order valence-electron chi connectivity index (χ2n) is 3.39. The van der Waals surface area contributed by atoms with E-state index in [0.29, 0.717) is 11.0 Å². The zero-order valence-electron chi connectivity index (χ0n) is 8.84. The standard InChI is InChI=1S/C11H8Br2ClN3/c1-6-10(14)15-5-16-11(6)17-9-3-2-7(12)4-8(9)13/h2-5H,1H3,(H,15,16,17). The summed E-state index contributed by atoms with van der Waals surface area (Å²) in [4.78, 5) is 8.07. The Kier molecular flexibility index (Phi) is 4.01. The fourth-order valence-electron chi connectivity index (χ4n) is 1.27. The van der Waals surface area contributed by atoms with Gasteiger partial charge in [-0.1, -0.05) is 27.5 Å². The van der Waals surface area contributed by atoms with Crippen molar-refractivity contribution in [2.24, 2.45) is 0 Å². The SMILES string of the molecule is Cc1c(Cl)ncnc1Nc1ccc(Br)cc1Br. The average molecular weight is 377 g/mol. The van der Waals surface area contributed by atoms with Gasteiger partial charge in [-0.15, -0.1) is 0 Å². The number of anilines is 2. The fourth-order valence-corrected chi connectivity index (χ4v) is 2.55. The molecule has 0 amide bonds. The first-order chi connectivity index (χ1) is 8.08. The van der Waals surface area contributed by atoms with Crippen molar-refractivity contribution in [3.63, 3.8) is 0 Å². The zero-order valence-corrected chi connectivity index (χ0v) is 12.8. The third-order valence-corrected chi connectivity index (χ3v) is 3.74. The molecule has 1 aromatic carbocycles. The molecule has 6 heteroatoms. The second-order valence-corrected chi connectivity index (χ2v) is 5.52. The Bertz CT molecular complexity index is 560. The largest absolute Gasteiger partial charge is 0.339 e. The summed E-state index contributed by atoms with van der Waals surface area (Å²) in [5.74, 6) is 0.702. The van der Waals surface area contributed by atoms with Crippen molar-refractivity contribution >= 4 is 55.0 Å². The van der Waals surface area contributed by atoms with E-state index in [0.717, 1.165) is 20.2 Å². The van der Waals surface area contributed by atoms with E-state index in [2.05, 4.69) is 47.1 Å². The van der Waals surface area contributed by atoms with Gasteiger partial charge in [-0.2, -0.15) is 0 Å². The van der Waals surface area contributed by atoms with Crippen LogP contribution in [0, 0.1) is 6.92 Å². The molecular formula is C11H8Br2ClN3. The van der Waals surface area contributed by atoms with Crippen LogP contribution in [0.15, 0.2) is 33.5 Å². The summed E-state index contributed by atoms with van der Waals surface area (Å²) in [6, 6.07) is 5.86. The molecular weight excluding hydrogens is 369 g/mol. The van der Waals surface area contributed by atoms with Gasteiger partial charge in [0.25, 0.3) is 0 Å². The van der Waals surface area contributed by atoms with E-state index in [1.165, 1.54) is 6.33 Å². The molecule has 0 saturated carbocycles. The number of benzene rings is 1. The summed E-state index contributed by atoms with van der Waals surface area (Å²) in [6.45, 7) is 1.87. The van der Waals surface area contributed by atoms with Crippen LogP contribution in [0.1, 0.15) is 5.56 Å². The summed E-state index contributed by atoms with van der Waals surface area (Å²) in [5.41, 5.74) is 1.75. The number of halogens is 3. The van der Waals surface area contributed by atoms with Gasteiger partial charge in [-0.3, -0.25) is 0 Å². The van der Waals surface area contributed by atoms with Crippen LogP contribution in [0.5, 0.6) is 0 Å². The van der Waals surface area contributed by atoms with Crippen molar-refractivity contribution in [1.82, 2.24) is 9.97 Å². The van der Waals surface area contributed by atoms with Gasteiger partial charge in [-0.05, 0) is 41.1 Å². The van der Waals surface area contributed by atoms with Crippen molar-refractivity contribution in [2.75, 3.05) is 5.32 Å². The van der Waals surface area contributed by atoms with Gasteiger partial charge in [-0.25, -0.2) is 9.97 Å². The minimum atomic E-state index is 0.454. The maximum atomic E-state index is 5.93. The van der Waals surface area contributed by atoms with E-state index in [-0.39, 0.29) is 0 Å². The predicted molar refractivity (Wildman–Crippen MR) is 76.9 cm³/mol. The highest BCUT2D eigenvalue weighted by Crippen LogP contribution is 2.30. The second kappa shape index (κ2) is 5.33. The van der Waals surface area contributed by atoms with Gasteiger partial charge in [0.05, 0.1) is 5.69 Å². The molecule has 0 radical (unpaired) electrons. The van der Waals surface area contributed by atoms with Crippen LogP contribution in [-0.4, -0.2) is 9.97 Å². The molecule has 1 N–H and O–H groups in total. The van der Waals surface area contributed by atoms with Crippen LogP contribution in [0.3, 0.4) is 0 Å². The summed E-state index contributed by atoms with van der Waals surface area (Å²) >= 11 is 12.8. The van der Waals surface area contributed by atoms with Gasteiger partial charge in [0.15, 0.2) is 0 Å². The van der Waals surface area contributed by atoms with Crippen LogP contribution in [0.2, 0.25) is 5.15 Å². The van der Waals surface area contributed by atoms with E-state index >= 15 is 0 Å². The number of nitrogens with one attached hydrogen (secondary N) is 1. The lowest BCUT2D eigenvalue weighted by Crippen LogP contribution is -1.98. The van der Waals surface area contributed by atoms with E-state index in [1.54, 1.807) is 0 Å². The number of rotatable bonds is 2. The van der Waals surface area contributed by atoms with Crippen LogP contribution in [0.4, 0.5) is 11.5 Å². The Morgan fingerprint density at radius 3 is 2.71 bits per heavy atom. The minimum Gasteiger partial charge on any atom is -0.339 e. The van der Waals surface area contributed by atoms with Gasteiger partial charge in [0, 0.05) is 14.5 Å². The Balaban J connectivity index is 2.35. The Morgan fingerprint density at radius 1 is 1.24 bits per heavy atom. The average Bonchev–Trinajstić information content (AvgIpc) is 2.28. The highest BCUT2D eigenvalue weighted by atomic mass is 79.9. The third-order valence-electron chi connectivity index (χ3n) is 2.21. The molecule has 0 fully saturated rings. The van der Waals surface area contributed by atoms with Crippen molar-refractivity contribution in [3.05, 3.63) is 44.2 Å². The van der Waals surface area contributed by atoms with Crippen molar-refractivity contribution in [1.29, 1.82) is 0 Å². The smallest absolute Gasteiger partial charge is 0.138 e. The van der Waals surface area contributed by atoms with Crippen LogP contribution in [0.25, 0.3) is 0 Å². The lowest BCUT2D eigenvalue weighted by atomic mass is 10.3. The molecule has 0 spiro atoms. The zero-order chi connectivity index (χ0) is 12.4. The molecule has 0 bridgehead atoms. The minimum absolute atomic E-state index is 0.454. The maximum Gasteiger partial charge on any atom is 0.138 e. The Labute approximate surface area is 121 Å². The maximum absolute atomic E-state index is 5.93. The summed E-state index contributed by atoms with van der Waals surface area (Å²) in [6.07, 6.45) is 1.43. The molecule has 2 aromatic rings. The molecule has 0 unspecified atom stereocenters. The highest BCUT2D eigenvalue weighted by Gasteiger charge is 2.07. The van der Waals surface area contributed by atoms with Crippen LogP contribution in [-0.2, 0) is 0 Å². The van der Waals surface area contributed by atoms with Crippen molar-refractivity contribution in [3.8, 4) is 0 Å². The van der Waals surface area contributed by atoms with E-state index in [4.69, 9.17) is 11.6 Å². The Morgan fingerprint density at radius 2 is 2.00 bits per heavy atom. The van der Waals surface area contributed by atoms with Gasteiger partial charge in [0.2, 0.25) is 0 Å². The van der Waals surface area contributed by atoms with E-state index in [9.17, 15) is 0 Å². The number of aromatic nitrogens is 2. The first kappa shape index (κ1) is 12.8. The monoisotopic (exact) mass is 375 g/mol. The summed E-state index contributed by atoms with van der Waals surface area (Å²) < 4.78 is 1.95. The molecule has 0 atom stereocenters. The highest BCUT2D eigenvalue weighted by molar-refractivity contribution is 9.11. The predicted octanol–water partition coefficient (Wildman–Crippen LogP) is 4.71. The van der Waals surface area contributed by atoms with Gasteiger partial charge >= 0.3 is 0 Å². The molecule has 2 rings (SSSR count). The molecule has 88 valence electrons. The normalized spacial score (nSPS) is 10.4. The van der Waals surface area contributed by atoms with E-state index < -0.39 is 0 Å². The first-order valence-corrected chi connectivity index (χ1v) is 6.73. The van der Waals surface area contributed by atoms with Crippen molar-refractivity contribution in [2.45, 2.75) is 6.92 Å². The quantitative estimate of drug-likeness (QED) is 0.771. The number of hydrogen-bond donors (Lipinski definition) is 1. The third kappa shape index (κ3) is 2.97. The Hall–Kier alpha value is -0.650. The summed E-state index contributed by atoms with van der Waals surface area (Å²) in [5, 5.41) is 3.66.